The predicted molar refractivity (Wildman–Crippen MR) is 73.2 cm³/mol. The summed E-state index contributed by atoms with van der Waals surface area (Å²) in [5, 5.41) is 2.63. The Labute approximate surface area is 110 Å². The van der Waals surface area contributed by atoms with Gasteiger partial charge in [0.2, 0.25) is 0 Å². The van der Waals surface area contributed by atoms with Crippen LogP contribution in [0.4, 0.5) is 5.13 Å². The number of hydrogen-bond donors (Lipinski definition) is 2. The fourth-order valence-electron chi connectivity index (χ4n) is 1.72. The van der Waals surface area contributed by atoms with Crippen LogP contribution in [0.25, 0.3) is 11.3 Å². The standard InChI is InChI=1S/C12H15N3O2S/c1-7-4-10(16-2)11(17-3)5-8(7)9-6-18-12(14-9)15-13/h4-6H,13H2,1-3H3,(H,14,15). The molecule has 2 aromatic rings. The molecule has 1 aromatic heterocycles. The first-order valence-corrected chi connectivity index (χ1v) is 6.22. The first kappa shape index (κ1) is 12.7. The highest BCUT2D eigenvalue weighted by molar-refractivity contribution is 7.14. The second-order valence-corrected chi connectivity index (χ2v) is 4.56. The molecule has 96 valence electrons. The molecule has 0 amide bonds. The zero-order chi connectivity index (χ0) is 13.1. The summed E-state index contributed by atoms with van der Waals surface area (Å²) in [5.74, 6) is 6.74. The maximum absolute atomic E-state index is 5.33. The van der Waals surface area contributed by atoms with Gasteiger partial charge in [-0.05, 0) is 24.6 Å². The van der Waals surface area contributed by atoms with Gasteiger partial charge >= 0.3 is 0 Å². The van der Waals surface area contributed by atoms with Crippen LogP contribution in [-0.2, 0) is 0 Å². The van der Waals surface area contributed by atoms with Crippen molar-refractivity contribution >= 4 is 16.5 Å². The first-order chi connectivity index (χ1) is 8.69. The van der Waals surface area contributed by atoms with Crippen molar-refractivity contribution in [3.63, 3.8) is 0 Å². The van der Waals surface area contributed by atoms with Gasteiger partial charge in [-0.15, -0.1) is 11.3 Å². The Morgan fingerprint density at radius 3 is 2.44 bits per heavy atom. The molecule has 1 heterocycles. The molecule has 0 unspecified atom stereocenters. The predicted octanol–water partition coefficient (Wildman–Crippen LogP) is 2.42. The highest BCUT2D eigenvalue weighted by Crippen LogP contribution is 2.36. The Morgan fingerprint density at radius 1 is 1.22 bits per heavy atom. The fraction of sp³-hybridized carbons (Fsp3) is 0.250. The minimum Gasteiger partial charge on any atom is -0.493 e. The summed E-state index contributed by atoms with van der Waals surface area (Å²) in [5.41, 5.74) is 5.48. The van der Waals surface area contributed by atoms with Crippen molar-refractivity contribution < 1.29 is 9.47 Å². The van der Waals surface area contributed by atoms with Crippen molar-refractivity contribution in [2.45, 2.75) is 6.92 Å². The van der Waals surface area contributed by atoms with Gasteiger partial charge in [0.05, 0.1) is 19.9 Å². The van der Waals surface area contributed by atoms with E-state index >= 15 is 0 Å². The molecule has 1 aromatic carbocycles. The zero-order valence-electron chi connectivity index (χ0n) is 10.5. The quantitative estimate of drug-likeness (QED) is 0.656. The number of methoxy groups -OCH3 is 2. The lowest BCUT2D eigenvalue weighted by atomic mass is 10.1. The lowest BCUT2D eigenvalue weighted by molar-refractivity contribution is 0.355. The molecule has 3 N–H and O–H groups in total. The van der Waals surface area contributed by atoms with Crippen LogP contribution in [-0.4, -0.2) is 19.2 Å². The van der Waals surface area contributed by atoms with Gasteiger partial charge in [0.25, 0.3) is 0 Å². The Morgan fingerprint density at radius 2 is 1.89 bits per heavy atom. The van der Waals surface area contributed by atoms with Crippen molar-refractivity contribution in [3.8, 4) is 22.8 Å². The summed E-state index contributed by atoms with van der Waals surface area (Å²) in [6.07, 6.45) is 0. The number of ether oxygens (including phenoxy) is 2. The van der Waals surface area contributed by atoms with E-state index in [1.165, 1.54) is 11.3 Å². The molecule has 0 aliphatic rings. The molecule has 0 spiro atoms. The molecule has 18 heavy (non-hydrogen) atoms. The number of hydrazine groups is 1. The van der Waals surface area contributed by atoms with Gasteiger partial charge in [0, 0.05) is 10.9 Å². The highest BCUT2D eigenvalue weighted by Gasteiger charge is 2.12. The summed E-state index contributed by atoms with van der Waals surface area (Å²) < 4.78 is 10.6. The van der Waals surface area contributed by atoms with Gasteiger partial charge < -0.3 is 9.47 Å². The van der Waals surface area contributed by atoms with Crippen LogP contribution in [0, 0.1) is 6.92 Å². The molecule has 0 bridgehead atoms. The van der Waals surface area contributed by atoms with Crippen LogP contribution in [0.3, 0.4) is 0 Å². The minimum atomic E-state index is 0.680. The molecule has 0 saturated carbocycles. The average molecular weight is 265 g/mol. The Balaban J connectivity index is 2.50. The van der Waals surface area contributed by atoms with E-state index in [0.717, 1.165) is 16.8 Å². The van der Waals surface area contributed by atoms with Gasteiger partial charge in [-0.1, -0.05) is 0 Å². The summed E-state index contributed by atoms with van der Waals surface area (Å²) in [7, 11) is 3.24. The third-order valence-corrected chi connectivity index (χ3v) is 3.41. The highest BCUT2D eigenvalue weighted by atomic mass is 32.1. The average Bonchev–Trinajstić information content (AvgIpc) is 2.86. The zero-order valence-corrected chi connectivity index (χ0v) is 11.3. The number of aromatic nitrogens is 1. The summed E-state index contributed by atoms with van der Waals surface area (Å²) in [6, 6.07) is 3.85. The molecule has 0 aliphatic carbocycles. The van der Waals surface area contributed by atoms with Crippen LogP contribution < -0.4 is 20.7 Å². The third kappa shape index (κ3) is 2.25. The maximum Gasteiger partial charge on any atom is 0.197 e. The van der Waals surface area contributed by atoms with Crippen molar-refractivity contribution in [1.29, 1.82) is 0 Å². The van der Waals surface area contributed by atoms with E-state index in [-0.39, 0.29) is 0 Å². The molecule has 0 fully saturated rings. The Hall–Kier alpha value is -1.79. The molecular weight excluding hydrogens is 250 g/mol. The van der Waals surface area contributed by atoms with Gasteiger partial charge in [0.15, 0.2) is 16.6 Å². The van der Waals surface area contributed by atoms with E-state index in [4.69, 9.17) is 15.3 Å². The monoisotopic (exact) mass is 265 g/mol. The smallest absolute Gasteiger partial charge is 0.197 e. The maximum atomic E-state index is 5.33. The SMILES string of the molecule is COc1cc(C)c(-c2csc(NN)n2)cc1OC. The number of hydrogen-bond acceptors (Lipinski definition) is 6. The number of benzene rings is 1. The fourth-order valence-corrected chi connectivity index (χ4v) is 2.34. The van der Waals surface area contributed by atoms with E-state index in [0.29, 0.717) is 16.6 Å². The molecule has 5 nitrogen and oxygen atoms in total. The molecule has 6 heteroatoms. The van der Waals surface area contributed by atoms with Crippen molar-refractivity contribution in [3.05, 3.63) is 23.1 Å². The number of nitrogen functional groups attached to an aromatic ring is 1. The lowest BCUT2D eigenvalue weighted by Crippen LogP contribution is -2.05. The molecular formula is C12H15N3O2S. The third-order valence-electron chi connectivity index (χ3n) is 2.63. The molecule has 0 aliphatic heterocycles. The molecule has 2 rings (SSSR count). The second-order valence-electron chi connectivity index (χ2n) is 3.70. The number of anilines is 1. The van der Waals surface area contributed by atoms with Gasteiger partial charge in [-0.3, -0.25) is 5.43 Å². The van der Waals surface area contributed by atoms with Crippen LogP contribution in [0.5, 0.6) is 11.5 Å². The second kappa shape index (κ2) is 5.24. The van der Waals surface area contributed by atoms with E-state index in [1.807, 2.05) is 24.4 Å². The van der Waals surface area contributed by atoms with E-state index < -0.39 is 0 Å². The van der Waals surface area contributed by atoms with Crippen LogP contribution in [0.1, 0.15) is 5.56 Å². The number of thiazole rings is 1. The van der Waals surface area contributed by atoms with E-state index in [1.54, 1.807) is 14.2 Å². The van der Waals surface area contributed by atoms with Gasteiger partial charge in [0.1, 0.15) is 0 Å². The number of nitrogens with one attached hydrogen (secondary N) is 1. The summed E-state index contributed by atoms with van der Waals surface area (Å²) in [6.45, 7) is 2.01. The van der Waals surface area contributed by atoms with Crippen molar-refractivity contribution in [2.75, 3.05) is 19.6 Å². The van der Waals surface area contributed by atoms with E-state index in [9.17, 15) is 0 Å². The number of nitrogens with two attached hydrogens (primary N) is 1. The molecule has 0 saturated heterocycles. The summed E-state index contributed by atoms with van der Waals surface area (Å²) >= 11 is 1.46. The Kier molecular flexibility index (Phi) is 3.69. The topological polar surface area (TPSA) is 69.4 Å². The van der Waals surface area contributed by atoms with Crippen molar-refractivity contribution in [1.82, 2.24) is 4.98 Å². The van der Waals surface area contributed by atoms with Crippen molar-refractivity contribution in [2.24, 2.45) is 5.84 Å². The minimum absolute atomic E-state index is 0.680. The Bertz CT molecular complexity index is 554. The number of nitrogens with zero attached hydrogens (tertiary/aromatic N) is 1. The van der Waals surface area contributed by atoms with E-state index in [2.05, 4.69) is 10.4 Å². The summed E-state index contributed by atoms with van der Waals surface area (Å²) in [4.78, 5) is 4.38. The number of aryl methyl sites for hydroxylation is 1. The molecule has 0 atom stereocenters. The lowest BCUT2D eigenvalue weighted by Gasteiger charge is -2.11. The largest absolute Gasteiger partial charge is 0.493 e. The van der Waals surface area contributed by atoms with Gasteiger partial charge in [-0.25, -0.2) is 10.8 Å². The normalized spacial score (nSPS) is 10.2. The molecule has 0 radical (unpaired) electrons. The van der Waals surface area contributed by atoms with Crippen LogP contribution in [0.2, 0.25) is 0 Å². The number of rotatable bonds is 4. The first-order valence-electron chi connectivity index (χ1n) is 5.34. The van der Waals surface area contributed by atoms with Crippen LogP contribution >= 0.6 is 11.3 Å². The van der Waals surface area contributed by atoms with Gasteiger partial charge in [-0.2, -0.15) is 0 Å². The van der Waals surface area contributed by atoms with Crippen LogP contribution in [0.15, 0.2) is 17.5 Å².